The Bertz CT molecular complexity index is 637. The number of hydrogen-bond donors (Lipinski definition) is 2. The second-order valence-electron chi connectivity index (χ2n) is 5.92. The average molecular weight is 375 g/mol. The highest BCUT2D eigenvalue weighted by Crippen LogP contribution is 2.22. The molecule has 0 bridgehead atoms. The van der Waals surface area contributed by atoms with E-state index in [2.05, 4.69) is 10.1 Å². The number of rotatable bonds is 3. The van der Waals surface area contributed by atoms with Gasteiger partial charge in [-0.05, 0) is 17.7 Å². The van der Waals surface area contributed by atoms with Crippen molar-refractivity contribution in [2.75, 3.05) is 26.2 Å². The van der Waals surface area contributed by atoms with Gasteiger partial charge < -0.3 is 25.0 Å². The minimum Gasteiger partial charge on any atom is -0.406 e. The van der Waals surface area contributed by atoms with Crippen LogP contribution in [0.2, 0.25) is 0 Å². The van der Waals surface area contributed by atoms with Crippen LogP contribution in [0, 0.1) is 0 Å². The first kappa shape index (κ1) is 19.8. The van der Waals surface area contributed by atoms with E-state index >= 15 is 0 Å². The molecule has 7 nitrogen and oxygen atoms in total. The van der Waals surface area contributed by atoms with Crippen LogP contribution in [0.25, 0.3) is 0 Å². The van der Waals surface area contributed by atoms with E-state index in [1.165, 1.54) is 28.9 Å². The minimum atomic E-state index is -4.75. The molecule has 26 heavy (non-hydrogen) atoms. The number of amides is 3. The van der Waals surface area contributed by atoms with Gasteiger partial charge in [-0.3, -0.25) is 4.79 Å². The zero-order valence-corrected chi connectivity index (χ0v) is 14.1. The molecule has 1 aromatic carbocycles. The van der Waals surface area contributed by atoms with Gasteiger partial charge >= 0.3 is 12.4 Å². The molecule has 0 aliphatic carbocycles. The van der Waals surface area contributed by atoms with E-state index in [-0.39, 0.29) is 37.8 Å². The van der Waals surface area contributed by atoms with Gasteiger partial charge in [-0.1, -0.05) is 12.1 Å². The third kappa shape index (κ3) is 6.10. The fraction of sp³-hybridized carbons (Fsp3) is 0.500. The Morgan fingerprint density at radius 1 is 1.19 bits per heavy atom. The van der Waals surface area contributed by atoms with Gasteiger partial charge in [0, 0.05) is 33.1 Å². The maximum Gasteiger partial charge on any atom is 0.573 e. The van der Waals surface area contributed by atoms with E-state index in [1.807, 2.05) is 0 Å². The van der Waals surface area contributed by atoms with Gasteiger partial charge in [-0.2, -0.15) is 0 Å². The monoisotopic (exact) mass is 375 g/mol. The highest BCUT2D eigenvalue weighted by molar-refractivity contribution is 5.75. The van der Waals surface area contributed by atoms with E-state index in [4.69, 9.17) is 0 Å². The summed E-state index contributed by atoms with van der Waals surface area (Å²) in [5.74, 6) is -0.514. The molecule has 1 saturated heterocycles. The summed E-state index contributed by atoms with van der Waals surface area (Å²) in [7, 11) is 0. The van der Waals surface area contributed by atoms with Gasteiger partial charge in [-0.15, -0.1) is 13.2 Å². The molecule has 3 amide bonds. The van der Waals surface area contributed by atoms with Crippen LogP contribution in [-0.4, -0.2) is 65.5 Å². The predicted octanol–water partition coefficient (Wildman–Crippen LogP) is 1.32. The number of alkyl halides is 3. The number of ether oxygens (including phenoxy) is 1. The van der Waals surface area contributed by atoms with Crippen LogP contribution in [0.1, 0.15) is 12.5 Å². The molecular formula is C16H20F3N3O4. The lowest BCUT2D eigenvalue weighted by atomic mass is 10.2. The van der Waals surface area contributed by atoms with Crippen molar-refractivity contribution in [1.29, 1.82) is 0 Å². The summed E-state index contributed by atoms with van der Waals surface area (Å²) in [6.07, 6.45) is -5.59. The topological polar surface area (TPSA) is 82.1 Å². The molecule has 1 aromatic rings. The minimum absolute atomic E-state index is 0.0912. The van der Waals surface area contributed by atoms with Gasteiger partial charge in [0.15, 0.2) is 0 Å². The third-order valence-corrected chi connectivity index (χ3v) is 3.84. The number of hydrogen-bond acceptors (Lipinski definition) is 4. The SMILES string of the molecule is CC(=O)N1CCN(C(=O)NCc2ccc(OC(F)(F)F)cc2)CC(O)C1. The summed E-state index contributed by atoms with van der Waals surface area (Å²) in [6, 6.07) is 4.72. The summed E-state index contributed by atoms with van der Waals surface area (Å²) in [5, 5.41) is 12.6. The number of aliphatic hydroxyl groups is 1. The number of nitrogens with one attached hydrogen (secondary N) is 1. The molecule has 0 aromatic heterocycles. The van der Waals surface area contributed by atoms with Gasteiger partial charge in [0.05, 0.1) is 12.6 Å². The number of β-amino-alcohol motifs (C(OH)–C–C–N with tert-alkyl or cyclic N) is 1. The van der Waals surface area contributed by atoms with Crippen molar-refractivity contribution in [3.05, 3.63) is 29.8 Å². The number of halogens is 3. The molecule has 0 radical (unpaired) electrons. The second-order valence-corrected chi connectivity index (χ2v) is 5.92. The fourth-order valence-electron chi connectivity index (χ4n) is 2.56. The Morgan fingerprint density at radius 2 is 1.77 bits per heavy atom. The van der Waals surface area contributed by atoms with Crippen LogP contribution in [0.5, 0.6) is 5.75 Å². The van der Waals surface area contributed by atoms with Crippen molar-refractivity contribution in [2.24, 2.45) is 0 Å². The van der Waals surface area contributed by atoms with Crippen molar-refractivity contribution >= 4 is 11.9 Å². The van der Waals surface area contributed by atoms with Crippen LogP contribution in [-0.2, 0) is 11.3 Å². The maximum absolute atomic E-state index is 12.2. The Labute approximate surface area is 148 Å². The Kier molecular flexibility index (Phi) is 6.30. The summed E-state index contributed by atoms with van der Waals surface area (Å²) < 4.78 is 40.1. The zero-order valence-electron chi connectivity index (χ0n) is 14.1. The maximum atomic E-state index is 12.2. The highest BCUT2D eigenvalue weighted by atomic mass is 19.4. The van der Waals surface area contributed by atoms with Crippen LogP contribution in [0.4, 0.5) is 18.0 Å². The first-order valence-electron chi connectivity index (χ1n) is 7.95. The van der Waals surface area contributed by atoms with Crippen molar-refractivity contribution < 1.29 is 32.6 Å². The first-order valence-corrected chi connectivity index (χ1v) is 7.95. The standard InChI is InChI=1S/C16H20F3N3O4/c1-11(23)21-6-7-22(10-13(24)9-21)15(25)20-8-12-2-4-14(5-3-12)26-16(17,18)19/h2-5,13,24H,6-10H2,1H3,(H,20,25). The molecule has 1 aliphatic heterocycles. The van der Waals surface area contributed by atoms with Gasteiger partial charge in [0.2, 0.25) is 5.91 Å². The molecule has 2 rings (SSSR count). The molecule has 1 unspecified atom stereocenters. The highest BCUT2D eigenvalue weighted by Gasteiger charge is 2.31. The van der Waals surface area contributed by atoms with E-state index < -0.39 is 18.5 Å². The van der Waals surface area contributed by atoms with Crippen molar-refractivity contribution in [3.8, 4) is 5.75 Å². The first-order chi connectivity index (χ1) is 12.1. The molecule has 1 atom stereocenters. The zero-order chi connectivity index (χ0) is 19.3. The summed E-state index contributed by atoms with van der Waals surface area (Å²) in [6.45, 7) is 2.36. The van der Waals surface area contributed by atoms with Crippen LogP contribution in [0.3, 0.4) is 0 Å². The molecule has 1 aliphatic rings. The number of urea groups is 1. The van der Waals surface area contributed by atoms with E-state index in [0.29, 0.717) is 12.1 Å². The van der Waals surface area contributed by atoms with Crippen LogP contribution < -0.4 is 10.1 Å². The number of benzene rings is 1. The number of carbonyl (C=O) groups excluding carboxylic acids is 2. The summed E-state index contributed by atoms with van der Waals surface area (Å²) in [4.78, 5) is 26.5. The van der Waals surface area contributed by atoms with Crippen molar-refractivity contribution in [3.63, 3.8) is 0 Å². The average Bonchev–Trinajstić information content (AvgIpc) is 2.74. The van der Waals surface area contributed by atoms with Gasteiger partial charge in [-0.25, -0.2) is 4.79 Å². The number of aliphatic hydroxyl groups excluding tert-OH is 1. The molecule has 2 N–H and O–H groups in total. The summed E-state index contributed by atoms with van der Waals surface area (Å²) in [5.41, 5.74) is 0.591. The van der Waals surface area contributed by atoms with Crippen molar-refractivity contribution in [2.45, 2.75) is 25.9 Å². The smallest absolute Gasteiger partial charge is 0.406 e. The molecule has 0 saturated carbocycles. The second kappa shape index (κ2) is 8.26. The lowest BCUT2D eigenvalue weighted by Gasteiger charge is -2.22. The Morgan fingerprint density at radius 3 is 2.35 bits per heavy atom. The predicted molar refractivity (Wildman–Crippen MR) is 85.2 cm³/mol. The molecule has 10 heteroatoms. The van der Waals surface area contributed by atoms with Gasteiger partial charge in [0.1, 0.15) is 5.75 Å². The van der Waals surface area contributed by atoms with Crippen molar-refractivity contribution in [1.82, 2.24) is 15.1 Å². The number of nitrogens with zero attached hydrogens (tertiary/aromatic N) is 2. The van der Waals surface area contributed by atoms with Crippen LogP contribution in [0.15, 0.2) is 24.3 Å². The molecule has 0 spiro atoms. The molecule has 144 valence electrons. The van der Waals surface area contributed by atoms with Gasteiger partial charge in [0.25, 0.3) is 0 Å². The lowest BCUT2D eigenvalue weighted by Crippen LogP contribution is -2.43. The fourth-order valence-corrected chi connectivity index (χ4v) is 2.56. The largest absolute Gasteiger partial charge is 0.573 e. The summed E-state index contributed by atoms with van der Waals surface area (Å²) >= 11 is 0. The Hall–Kier alpha value is -2.49. The molecular weight excluding hydrogens is 355 g/mol. The quantitative estimate of drug-likeness (QED) is 0.835. The number of carbonyl (C=O) groups is 2. The Balaban J connectivity index is 1.87. The lowest BCUT2D eigenvalue weighted by molar-refractivity contribution is -0.274. The van der Waals surface area contributed by atoms with E-state index in [9.17, 15) is 27.9 Å². The third-order valence-electron chi connectivity index (χ3n) is 3.84. The normalized spacial score (nSPS) is 18.3. The molecule has 1 heterocycles. The van der Waals surface area contributed by atoms with E-state index in [1.54, 1.807) is 0 Å². The van der Waals surface area contributed by atoms with E-state index in [0.717, 1.165) is 12.1 Å². The molecule has 1 fully saturated rings. The van der Waals surface area contributed by atoms with Crippen LogP contribution >= 0.6 is 0 Å².